The smallest absolute Gasteiger partial charge is 0.406 e. The van der Waals surface area contributed by atoms with Crippen LogP contribution in [0.1, 0.15) is 61.7 Å². The SMILES string of the molecule is CNC(=O)CCOC1CCCC[N+]1=c1ccc2c(-c3ccccc3C(=O)O)c3ccc(N4CCCCC4CCOC(=O)NC)cc3oc-2c1. The van der Waals surface area contributed by atoms with E-state index in [1.54, 1.807) is 26.2 Å². The molecule has 6 rings (SSSR count). The van der Waals surface area contributed by atoms with Crippen molar-refractivity contribution in [3.05, 3.63) is 71.6 Å². The van der Waals surface area contributed by atoms with E-state index in [-0.39, 0.29) is 23.7 Å². The van der Waals surface area contributed by atoms with Crippen LogP contribution in [0, 0.1) is 0 Å². The minimum absolute atomic E-state index is 0.0552. The van der Waals surface area contributed by atoms with Crippen LogP contribution in [0.25, 0.3) is 33.4 Å². The van der Waals surface area contributed by atoms with Crippen LogP contribution >= 0.6 is 0 Å². The number of carboxylic acid groups (broad SMARTS) is 1. The first kappa shape index (κ1) is 34.0. The number of nitrogens with zero attached hydrogens (tertiary/aromatic N) is 2. The first-order valence-electron chi connectivity index (χ1n) is 17.2. The van der Waals surface area contributed by atoms with Gasteiger partial charge in [-0.2, -0.15) is 0 Å². The maximum absolute atomic E-state index is 12.4. The fraction of sp³-hybridized carbons (Fsp3) is 0.421. The predicted octanol–water partition coefficient (Wildman–Crippen LogP) is 5.44. The van der Waals surface area contributed by atoms with E-state index in [0.29, 0.717) is 43.0 Å². The van der Waals surface area contributed by atoms with Gasteiger partial charge in [-0.25, -0.2) is 14.2 Å². The molecule has 2 atom stereocenters. The zero-order valence-electron chi connectivity index (χ0n) is 28.2. The molecule has 3 aliphatic heterocycles. The molecule has 2 amide bonds. The van der Waals surface area contributed by atoms with Gasteiger partial charge in [-0.3, -0.25) is 4.79 Å². The van der Waals surface area contributed by atoms with E-state index in [9.17, 15) is 19.5 Å². The van der Waals surface area contributed by atoms with Crippen molar-refractivity contribution >= 4 is 34.6 Å². The number of piperidine rings is 2. The number of aromatic carboxylic acids is 1. The number of amides is 2. The number of carboxylic acids is 1. The monoisotopic (exact) mass is 669 g/mol. The number of carbonyl (C=O) groups excluding carboxylic acids is 2. The van der Waals surface area contributed by atoms with Crippen LogP contribution < -0.4 is 25.5 Å². The number of anilines is 1. The largest absolute Gasteiger partial charge is 0.478 e. The number of ether oxygens (including phenoxy) is 2. The zero-order valence-corrected chi connectivity index (χ0v) is 28.2. The van der Waals surface area contributed by atoms with Gasteiger partial charge in [-0.05, 0) is 55.5 Å². The second-order valence-corrected chi connectivity index (χ2v) is 12.6. The third-order valence-electron chi connectivity index (χ3n) is 9.66. The highest BCUT2D eigenvalue weighted by Crippen LogP contribution is 2.42. The molecule has 4 aliphatic rings. The number of benzene rings is 3. The van der Waals surface area contributed by atoms with Gasteiger partial charge in [0.05, 0.1) is 31.3 Å². The van der Waals surface area contributed by atoms with Gasteiger partial charge in [0.15, 0.2) is 0 Å². The van der Waals surface area contributed by atoms with E-state index in [2.05, 4.69) is 32.2 Å². The first-order valence-corrected chi connectivity index (χ1v) is 17.2. The molecule has 0 spiro atoms. The van der Waals surface area contributed by atoms with Crippen LogP contribution in [0.15, 0.2) is 65.1 Å². The summed E-state index contributed by atoms with van der Waals surface area (Å²) in [6.07, 6.45) is 6.48. The third-order valence-corrected chi connectivity index (χ3v) is 9.66. The Hall–Kier alpha value is -4.90. The summed E-state index contributed by atoms with van der Waals surface area (Å²) in [5.41, 5.74) is 4.12. The molecule has 2 unspecified atom stereocenters. The summed E-state index contributed by atoms with van der Waals surface area (Å²) in [4.78, 5) is 38.3. The first-order chi connectivity index (χ1) is 23.9. The maximum Gasteiger partial charge on any atom is 0.406 e. The number of hydrogen-bond acceptors (Lipinski definition) is 7. The number of nitrogens with one attached hydrogen (secondary N) is 2. The Balaban J connectivity index is 1.47. The quantitative estimate of drug-likeness (QED) is 0.150. The Morgan fingerprint density at radius 1 is 0.939 bits per heavy atom. The Morgan fingerprint density at radius 2 is 1.78 bits per heavy atom. The Kier molecular flexibility index (Phi) is 10.8. The average Bonchev–Trinajstić information content (AvgIpc) is 3.13. The van der Waals surface area contributed by atoms with Crippen LogP contribution in [0.5, 0.6) is 0 Å². The van der Waals surface area contributed by atoms with Crippen molar-refractivity contribution in [1.29, 1.82) is 0 Å². The fourth-order valence-electron chi connectivity index (χ4n) is 7.19. The number of rotatable bonds is 10. The molecule has 49 heavy (non-hydrogen) atoms. The van der Waals surface area contributed by atoms with Crippen LogP contribution in [0.3, 0.4) is 0 Å². The number of alkyl carbamates (subject to hydrolysis) is 1. The second kappa shape index (κ2) is 15.5. The molecule has 258 valence electrons. The average molecular weight is 670 g/mol. The van der Waals surface area contributed by atoms with Gasteiger partial charge in [0, 0.05) is 80.3 Å². The molecular formula is C38H45N4O7+. The van der Waals surface area contributed by atoms with Gasteiger partial charge in [-0.15, -0.1) is 0 Å². The van der Waals surface area contributed by atoms with E-state index >= 15 is 0 Å². The standard InChI is InChI=1S/C38H44N4O7/c1-39-34(43)18-22-47-35-12-6-8-20-42(35)27-14-16-31-33(24-27)49-32-23-26(41-19-7-5-9-25(41)17-21-48-38(46)40-2)13-15-30(32)36(31)28-10-3-4-11-29(28)37(44)45/h3-4,10-11,13-16,23-25,35H,5-9,12,17-22H2,1-2H3,(H2-,39,40,43,44,45,46)/p+1. The van der Waals surface area contributed by atoms with Crippen LogP contribution in [-0.2, 0) is 14.3 Å². The number of carbonyl (C=O) groups is 3. The molecule has 3 heterocycles. The summed E-state index contributed by atoms with van der Waals surface area (Å²) in [5, 5.41) is 17.1. The van der Waals surface area contributed by atoms with Crippen molar-refractivity contribution in [1.82, 2.24) is 15.2 Å². The predicted molar refractivity (Wildman–Crippen MR) is 188 cm³/mol. The summed E-state index contributed by atoms with van der Waals surface area (Å²) >= 11 is 0. The Bertz CT molecular complexity index is 1870. The van der Waals surface area contributed by atoms with Crippen molar-refractivity contribution in [2.24, 2.45) is 0 Å². The van der Waals surface area contributed by atoms with E-state index in [1.807, 2.05) is 36.4 Å². The normalized spacial score (nSPS) is 19.1. The lowest BCUT2D eigenvalue weighted by Gasteiger charge is -2.37. The molecular weight excluding hydrogens is 624 g/mol. The molecule has 1 aliphatic carbocycles. The van der Waals surface area contributed by atoms with Crippen molar-refractivity contribution in [2.45, 2.75) is 63.6 Å². The molecule has 2 fully saturated rings. The van der Waals surface area contributed by atoms with Gasteiger partial charge in [-0.1, -0.05) is 18.2 Å². The minimum atomic E-state index is -0.994. The van der Waals surface area contributed by atoms with E-state index < -0.39 is 12.1 Å². The van der Waals surface area contributed by atoms with Gasteiger partial charge in [0.2, 0.25) is 11.3 Å². The molecule has 0 saturated carbocycles. The van der Waals surface area contributed by atoms with Gasteiger partial charge in [0.1, 0.15) is 17.9 Å². The van der Waals surface area contributed by atoms with Crippen molar-refractivity contribution in [3.63, 3.8) is 0 Å². The Morgan fingerprint density at radius 3 is 2.59 bits per heavy atom. The Labute approximate surface area is 285 Å². The maximum atomic E-state index is 12.4. The number of fused-ring (bicyclic) bond motifs is 2. The lowest BCUT2D eigenvalue weighted by atomic mass is 9.90. The summed E-state index contributed by atoms with van der Waals surface area (Å²) < 4.78 is 20.5. The van der Waals surface area contributed by atoms with Gasteiger partial charge < -0.3 is 34.5 Å². The second-order valence-electron chi connectivity index (χ2n) is 12.6. The molecule has 11 heteroatoms. The highest BCUT2D eigenvalue weighted by Gasteiger charge is 2.29. The molecule has 3 N–H and O–H groups in total. The summed E-state index contributed by atoms with van der Waals surface area (Å²) in [6, 6.07) is 19.5. The van der Waals surface area contributed by atoms with Crippen molar-refractivity contribution < 1.29 is 33.4 Å². The molecule has 2 saturated heterocycles. The van der Waals surface area contributed by atoms with E-state index in [0.717, 1.165) is 79.2 Å². The van der Waals surface area contributed by atoms with Crippen molar-refractivity contribution in [2.75, 3.05) is 45.3 Å². The number of hydrogen-bond donors (Lipinski definition) is 3. The van der Waals surface area contributed by atoms with E-state index in [1.165, 1.54) is 0 Å². The summed E-state index contributed by atoms with van der Waals surface area (Å²) in [5.74, 6) is -0.410. The highest BCUT2D eigenvalue weighted by atomic mass is 16.5. The van der Waals surface area contributed by atoms with E-state index in [4.69, 9.17) is 13.9 Å². The molecule has 2 aromatic rings. The highest BCUT2D eigenvalue weighted by molar-refractivity contribution is 6.07. The van der Waals surface area contributed by atoms with Crippen LogP contribution in [0.2, 0.25) is 0 Å². The topological polar surface area (TPSA) is 133 Å². The molecule has 0 bridgehead atoms. The van der Waals surface area contributed by atoms with Crippen LogP contribution in [-0.4, -0.2) is 75.7 Å². The third kappa shape index (κ3) is 7.57. The van der Waals surface area contributed by atoms with Gasteiger partial charge in [0.25, 0.3) is 6.23 Å². The van der Waals surface area contributed by atoms with Gasteiger partial charge >= 0.3 is 12.1 Å². The van der Waals surface area contributed by atoms with Crippen LogP contribution in [0.4, 0.5) is 10.5 Å². The molecule has 11 nitrogen and oxygen atoms in total. The molecule has 0 radical (unpaired) electrons. The lowest BCUT2D eigenvalue weighted by Crippen LogP contribution is -2.44. The fourth-order valence-corrected chi connectivity index (χ4v) is 7.19. The molecule has 2 aromatic carbocycles. The van der Waals surface area contributed by atoms with Crippen molar-refractivity contribution in [3.8, 4) is 22.5 Å². The minimum Gasteiger partial charge on any atom is -0.478 e. The summed E-state index contributed by atoms with van der Waals surface area (Å²) in [7, 11) is 3.18. The zero-order chi connectivity index (χ0) is 34.3. The summed E-state index contributed by atoms with van der Waals surface area (Å²) in [6.45, 7) is 2.34. The lowest BCUT2D eigenvalue weighted by molar-refractivity contribution is -0.122. The molecule has 0 aromatic heterocycles.